The molecule has 1 amide bonds. The van der Waals surface area contributed by atoms with E-state index in [1.165, 1.54) is 0 Å². The van der Waals surface area contributed by atoms with Crippen molar-refractivity contribution in [2.45, 2.75) is 13.5 Å². The van der Waals surface area contributed by atoms with Gasteiger partial charge in [-0.15, -0.1) is 0 Å². The second-order valence-corrected chi connectivity index (χ2v) is 6.04. The van der Waals surface area contributed by atoms with Crippen LogP contribution in [-0.4, -0.2) is 17.9 Å². The van der Waals surface area contributed by atoms with Gasteiger partial charge in [0.25, 0.3) is 5.91 Å². The first-order chi connectivity index (χ1) is 9.47. The lowest BCUT2D eigenvalue weighted by molar-refractivity contribution is 0.0785. The van der Waals surface area contributed by atoms with Gasteiger partial charge in [-0.05, 0) is 42.3 Å². The number of halogens is 2. The highest BCUT2D eigenvalue weighted by Crippen LogP contribution is 2.19. The fourth-order valence-corrected chi connectivity index (χ4v) is 2.39. The Hall–Kier alpha value is -1.32. The number of hydrogen-bond acceptors (Lipinski definition) is 1. The molecule has 0 saturated carbocycles. The van der Waals surface area contributed by atoms with Crippen LogP contribution in [0.4, 0.5) is 0 Å². The van der Waals surface area contributed by atoms with E-state index in [-0.39, 0.29) is 5.91 Å². The molecule has 0 spiro atoms. The van der Waals surface area contributed by atoms with Crippen LogP contribution in [0.1, 0.15) is 21.5 Å². The second-order valence-electron chi connectivity index (χ2n) is 4.75. The molecule has 0 aliphatic carbocycles. The highest BCUT2D eigenvalue weighted by atomic mass is 79.9. The Balaban J connectivity index is 2.11. The molecule has 0 atom stereocenters. The first-order valence-electron chi connectivity index (χ1n) is 6.23. The maximum absolute atomic E-state index is 12.4. The maximum Gasteiger partial charge on any atom is 0.253 e. The fraction of sp³-hybridized carbons (Fsp3) is 0.188. The summed E-state index contributed by atoms with van der Waals surface area (Å²) in [4.78, 5) is 14.1. The molecule has 0 unspecified atom stereocenters. The Morgan fingerprint density at radius 1 is 1.20 bits per heavy atom. The minimum atomic E-state index is 0.000602. The minimum Gasteiger partial charge on any atom is -0.337 e. The molecule has 4 heteroatoms. The van der Waals surface area contributed by atoms with Crippen LogP contribution in [0.5, 0.6) is 0 Å². The predicted octanol–water partition coefficient (Wildman–Crippen LogP) is 4.68. The second kappa shape index (κ2) is 6.42. The zero-order valence-electron chi connectivity index (χ0n) is 11.4. The average Bonchev–Trinajstić information content (AvgIpc) is 2.43. The summed E-state index contributed by atoms with van der Waals surface area (Å²) in [7, 11) is 1.80. The van der Waals surface area contributed by atoms with E-state index in [1.807, 2.05) is 49.4 Å². The zero-order chi connectivity index (χ0) is 14.7. The SMILES string of the molecule is Cc1ccc(C(=O)N(C)Cc2ccc(Cl)cc2)cc1Br. The summed E-state index contributed by atoms with van der Waals surface area (Å²) in [6.07, 6.45) is 0. The van der Waals surface area contributed by atoms with Gasteiger partial charge in [-0.3, -0.25) is 4.79 Å². The molecule has 0 N–H and O–H groups in total. The van der Waals surface area contributed by atoms with Crippen molar-refractivity contribution in [2.75, 3.05) is 7.05 Å². The Morgan fingerprint density at radius 3 is 2.45 bits per heavy atom. The monoisotopic (exact) mass is 351 g/mol. The van der Waals surface area contributed by atoms with E-state index in [2.05, 4.69) is 15.9 Å². The van der Waals surface area contributed by atoms with E-state index in [0.29, 0.717) is 17.1 Å². The third-order valence-corrected chi connectivity index (χ3v) is 4.20. The third-order valence-electron chi connectivity index (χ3n) is 3.10. The first kappa shape index (κ1) is 15.1. The van der Waals surface area contributed by atoms with Gasteiger partial charge in [-0.25, -0.2) is 0 Å². The van der Waals surface area contributed by atoms with Gasteiger partial charge >= 0.3 is 0 Å². The molecule has 104 valence electrons. The molecule has 0 saturated heterocycles. The van der Waals surface area contributed by atoms with Gasteiger partial charge in [0.05, 0.1) is 0 Å². The van der Waals surface area contributed by atoms with Crippen molar-refractivity contribution in [1.82, 2.24) is 4.90 Å². The molecular formula is C16H15BrClNO. The summed E-state index contributed by atoms with van der Waals surface area (Å²) < 4.78 is 0.947. The minimum absolute atomic E-state index is 0.000602. The van der Waals surface area contributed by atoms with Crippen LogP contribution >= 0.6 is 27.5 Å². The fourth-order valence-electron chi connectivity index (χ4n) is 1.88. The van der Waals surface area contributed by atoms with Crippen molar-refractivity contribution in [3.05, 3.63) is 68.7 Å². The molecule has 0 aliphatic rings. The molecule has 0 fully saturated rings. The standard InChI is InChI=1S/C16H15BrClNO/c1-11-3-6-13(9-15(11)17)16(20)19(2)10-12-4-7-14(18)8-5-12/h3-9H,10H2,1-2H3. The Morgan fingerprint density at radius 2 is 1.85 bits per heavy atom. The van der Waals surface area contributed by atoms with E-state index in [1.54, 1.807) is 11.9 Å². The molecule has 2 nitrogen and oxygen atoms in total. The number of hydrogen-bond donors (Lipinski definition) is 0. The predicted molar refractivity (Wildman–Crippen MR) is 86.1 cm³/mol. The van der Waals surface area contributed by atoms with E-state index in [9.17, 15) is 4.79 Å². The summed E-state index contributed by atoms with van der Waals surface area (Å²) in [6, 6.07) is 13.2. The van der Waals surface area contributed by atoms with E-state index >= 15 is 0 Å². The maximum atomic E-state index is 12.4. The lowest BCUT2D eigenvalue weighted by atomic mass is 10.1. The van der Waals surface area contributed by atoms with Crippen LogP contribution in [0.3, 0.4) is 0 Å². The van der Waals surface area contributed by atoms with Gasteiger partial charge in [0.15, 0.2) is 0 Å². The molecule has 2 rings (SSSR count). The number of aryl methyl sites for hydroxylation is 1. The number of rotatable bonds is 3. The lowest BCUT2D eigenvalue weighted by Crippen LogP contribution is -2.26. The third kappa shape index (κ3) is 3.62. The van der Waals surface area contributed by atoms with Gasteiger partial charge in [-0.1, -0.05) is 45.7 Å². The van der Waals surface area contributed by atoms with Crippen molar-refractivity contribution in [3.63, 3.8) is 0 Å². The lowest BCUT2D eigenvalue weighted by Gasteiger charge is -2.18. The van der Waals surface area contributed by atoms with Crippen molar-refractivity contribution in [2.24, 2.45) is 0 Å². The van der Waals surface area contributed by atoms with Crippen molar-refractivity contribution in [1.29, 1.82) is 0 Å². The highest BCUT2D eigenvalue weighted by molar-refractivity contribution is 9.10. The van der Waals surface area contributed by atoms with Gasteiger partial charge < -0.3 is 4.90 Å². The molecular weight excluding hydrogens is 338 g/mol. The van der Waals surface area contributed by atoms with Crippen LogP contribution in [0.15, 0.2) is 46.9 Å². The van der Waals surface area contributed by atoms with Crippen LogP contribution < -0.4 is 0 Å². The average molecular weight is 353 g/mol. The summed E-state index contributed by atoms with van der Waals surface area (Å²) >= 11 is 9.31. The molecule has 0 aliphatic heterocycles. The van der Waals surface area contributed by atoms with E-state index in [0.717, 1.165) is 15.6 Å². The summed E-state index contributed by atoms with van der Waals surface area (Å²) in [5, 5.41) is 0.699. The van der Waals surface area contributed by atoms with Gasteiger partial charge in [0, 0.05) is 28.7 Å². The molecule has 0 aromatic heterocycles. The number of amides is 1. The Labute approximate surface area is 132 Å². The summed E-state index contributed by atoms with van der Waals surface area (Å²) in [5.74, 6) is 0.000602. The summed E-state index contributed by atoms with van der Waals surface area (Å²) in [5.41, 5.74) is 2.84. The number of benzene rings is 2. The molecule has 2 aromatic rings. The number of carbonyl (C=O) groups is 1. The van der Waals surface area contributed by atoms with Gasteiger partial charge in [0.1, 0.15) is 0 Å². The van der Waals surface area contributed by atoms with Crippen LogP contribution in [0, 0.1) is 6.92 Å². The van der Waals surface area contributed by atoms with Crippen molar-refractivity contribution in [3.8, 4) is 0 Å². The van der Waals surface area contributed by atoms with Gasteiger partial charge in [-0.2, -0.15) is 0 Å². The number of nitrogens with zero attached hydrogens (tertiary/aromatic N) is 1. The van der Waals surface area contributed by atoms with Crippen LogP contribution in [-0.2, 0) is 6.54 Å². The molecule has 0 heterocycles. The van der Waals surface area contributed by atoms with Gasteiger partial charge in [0.2, 0.25) is 0 Å². The van der Waals surface area contributed by atoms with Crippen molar-refractivity contribution >= 4 is 33.4 Å². The quantitative estimate of drug-likeness (QED) is 0.785. The van der Waals surface area contributed by atoms with E-state index < -0.39 is 0 Å². The molecule has 2 aromatic carbocycles. The van der Waals surface area contributed by atoms with E-state index in [4.69, 9.17) is 11.6 Å². The topological polar surface area (TPSA) is 20.3 Å². The Kier molecular flexibility index (Phi) is 4.84. The first-order valence-corrected chi connectivity index (χ1v) is 7.40. The zero-order valence-corrected chi connectivity index (χ0v) is 13.7. The smallest absolute Gasteiger partial charge is 0.253 e. The highest BCUT2D eigenvalue weighted by Gasteiger charge is 2.12. The molecule has 0 radical (unpaired) electrons. The molecule has 20 heavy (non-hydrogen) atoms. The van der Waals surface area contributed by atoms with Crippen LogP contribution in [0.25, 0.3) is 0 Å². The largest absolute Gasteiger partial charge is 0.337 e. The van der Waals surface area contributed by atoms with Crippen LogP contribution in [0.2, 0.25) is 5.02 Å². The Bertz CT molecular complexity index is 625. The summed E-state index contributed by atoms with van der Waals surface area (Å²) in [6.45, 7) is 2.55. The molecule has 0 bridgehead atoms. The number of carbonyl (C=O) groups excluding carboxylic acids is 1. The normalized spacial score (nSPS) is 10.4. The van der Waals surface area contributed by atoms with Crippen molar-refractivity contribution < 1.29 is 4.79 Å².